The first-order valence-corrected chi connectivity index (χ1v) is 11.7. The Bertz CT molecular complexity index is 1110. The molecule has 4 rings (SSSR count). The number of aromatic nitrogens is 2. The number of likely N-dealkylation sites (N-methyl/N-ethyl adjacent to an activating group) is 1. The molecular weight excluding hydrogens is 428 g/mol. The van der Waals surface area contributed by atoms with Crippen molar-refractivity contribution in [3.63, 3.8) is 0 Å². The Morgan fingerprint density at radius 2 is 1.94 bits per heavy atom. The summed E-state index contributed by atoms with van der Waals surface area (Å²) in [5.41, 5.74) is 2.40. The number of carbonyl (C=O) groups excluding carboxylic acids is 1. The zero-order chi connectivity index (χ0) is 23.9. The van der Waals surface area contributed by atoms with Crippen LogP contribution in [-0.4, -0.2) is 56.1 Å². The molecule has 0 aliphatic carbocycles. The lowest BCUT2D eigenvalue weighted by molar-refractivity contribution is 0.0989. The fourth-order valence-electron chi connectivity index (χ4n) is 4.03. The van der Waals surface area contributed by atoms with Crippen molar-refractivity contribution in [3.05, 3.63) is 71.9 Å². The second-order valence-corrected chi connectivity index (χ2v) is 8.25. The van der Waals surface area contributed by atoms with Gasteiger partial charge in [-0.2, -0.15) is 4.98 Å². The summed E-state index contributed by atoms with van der Waals surface area (Å²) < 4.78 is 6.41. The molecule has 1 aromatic heterocycles. The standard InChI is InChI=1S/C26H32N6O2/c1-4-28-26-29-18-22-24(30-26)31(3)15-16-32(25(22)33)20-11-8-12-21(17-20)34-23(13-14-27-2)19-9-6-5-7-10-19/h5-12,17-18,23,27H,4,13-16H2,1-3H3,(H,28,29,30). The second kappa shape index (κ2) is 11.0. The highest BCUT2D eigenvalue weighted by atomic mass is 16.5. The van der Waals surface area contributed by atoms with Gasteiger partial charge in [0.2, 0.25) is 5.95 Å². The molecule has 0 bridgehead atoms. The number of amides is 1. The molecule has 2 N–H and O–H groups in total. The highest BCUT2D eigenvalue weighted by Gasteiger charge is 2.28. The fraction of sp³-hybridized carbons (Fsp3) is 0.346. The fourth-order valence-corrected chi connectivity index (χ4v) is 4.03. The van der Waals surface area contributed by atoms with Crippen molar-refractivity contribution in [2.24, 2.45) is 0 Å². The maximum Gasteiger partial charge on any atom is 0.263 e. The summed E-state index contributed by atoms with van der Waals surface area (Å²) in [5.74, 6) is 1.78. The molecule has 1 aliphatic heterocycles. The second-order valence-electron chi connectivity index (χ2n) is 8.25. The quantitative estimate of drug-likeness (QED) is 0.503. The van der Waals surface area contributed by atoms with Crippen molar-refractivity contribution >= 4 is 23.4 Å². The molecule has 1 aliphatic rings. The lowest BCUT2D eigenvalue weighted by Gasteiger charge is -2.23. The molecule has 8 nitrogen and oxygen atoms in total. The number of anilines is 3. The van der Waals surface area contributed by atoms with Crippen molar-refractivity contribution in [3.8, 4) is 5.75 Å². The summed E-state index contributed by atoms with van der Waals surface area (Å²) in [7, 11) is 3.89. The third-order valence-electron chi connectivity index (χ3n) is 5.84. The van der Waals surface area contributed by atoms with Gasteiger partial charge >= 0.3 is 0 Å². The minimum Gasteiger partial charge on any atom is -0.486 e. The van der Waals surface area contributed by atoms with Crippen molar-refractivity contribution < 1.29 is 9.53 Å². The van der Waals surface area contributed by atoms with Crippen LogP contribution in [0.1, 0.15) is 35.4 Å². The minimum atomic E-state index is -0.116. The summed E-state index contributed by atoms with van der Waals surface area (Å²) in [6, 6.07) is 18.0. The summed E-state index contributed by atoms with van der Waals surface area (Å²) in [4.78, 5) is 26.2. The summed E-state index contributed by atoms with van der Waals surface area (Å²) >= 11 is 0. The van der Waals surface area contributed by atoms with Gasteiger partial charge in [0.05, 0.1) is 0 Å². The molecular formula is C26H32N6O2. The van der Waals surface area contributed by atoms with E-state index in [2.05, 4.69) is 32.7 Å². The van der Waals surface area contributed by atoms with Gasteiger partial charge in [-0.15, -0.1) is 0 Å². The Hall–Kier alpha value is -3.65. The number of carbonyl (C=O) groups is 1. The number of hydrogen-bond donors (Lipinski definition) is 2. The van der Waals surface area contributed by atoms with Gasteiger partial charge in [0.25, 0.3) is 5.91 Å². The van der Waals surface area contributed by atoms with Crippen LogP contribution >= 0.6 is 0 Å². The Morgan fingerprint density at radius 3 is 2.71 bits per heavy atom. The molecule has 0 fully saturated rings. The van der Waals surface area contributed by atoms with E-state index >= 15 is 0 Å². The van der Waals surface area contributed by atoms with E-state index in [0.717, 1.165) is 30.0 Å². The lowest BCUT2D eigenvalue weighted by Crippen LogP contribution is -2.33. The third-order valence-corrected chi connectivity index (χ3v) is 5.84. The van der Waals surface area contributed by atoms with E-state index in [1.165, 1.54) is 0 Å². The highest BCUT2D eigenvalue weighted by Crippen LogP contribution is 2.31. The molecule has 178 valence electrons. The van der Waals surface area contributed by atoms with E-state index in [9.17, 15) is 4.79 Å². The van der Waals surface area contributed by atoms with Crippen molar-refractivity contribution in [1.29, 1.82) is 0 Å². The van der Waals surface area contributed by atoms with E-state index in [4.69, 9.17) is 4.74 Å². The predicted octanol–water partition coefficient (Wildman–Crippen LogP) is 3.73. The maximum absolute atomic E-state index is 13.5. The molecule has 1 amide bonds. The van der Waals surface area contributed by atoms with Crippen LogP contribution in [0, 0.1) is 0 Å². The lowest BCUT2D eigenvalue weighted by atomic mass is 10.1. The van der Waals surface area contributed by atoms with Crippen LogP contribution in [0.5, 0.6) is 5.75 Å². The van der Waals surface area contributed by atoms with Gasteiger partial charge in [-0.3, -0.25) is 4.79 Å². The van der Waals surface area contributed by atoms with Crippen LogP contribution < -0.4 is 25.2 Å². The first-order chi connectivity index (χ1) is 16.6. The first-order valence-electron chi connectivity index (χ1n) is 11.7. The highest BCUT2D eigenvalue weighted by molar-refractivity contribution is 6.09. The zero-order valence-corrected chi connectivity index (χ0v) is 20.0. The molecule has 2 aromatic carbocycles. The Balaban J connectivity index is 1.59. The summed E-state index contributed by atoms with van der Waals surface area (Å²) in [6.45, 7) is 4.73. The van der Waals surface area contributed by atoms with Crippen LogP contribution in [0.2, 0.25) is 0 Å². The molecule has 34 heavy (non-hydrogen) atoms. The number of nitrogens with one attached hydrogen (secondary N) is 2. The molecule has 0 spiro atoms. The van der Waals surface area contributed by atoms with Crippen molar-refractivity contribution in [2.75, 3.05) is 55.4 Å². The third kappa shape index (κ3) is 5.28. The summed E-state index contributed by atoms with van der Waals surface area (Å²) in [6.07, 6.45) is 2.35. The SMILES string of the molecule is CCNc1ncc2c(n1)N(C)CCN(c1cccc(OC(CCNC)c3ccccc3)c1)C2=O. The Morgan fingerprint density at radius 1 is 1.12 bits per heavy atom. The van der Waals surface area contributed by atoms with E-state index in [-0.39, 0.29) is 12.0 Å². The topological polar surface area (TPSA) is 82.6 Å². The van der Waals surface area contributed by atoms with Crippen LogP contribution in [0.3, 0.4) is 0 Å². The van der Waals surface area contributed by atoms with Gasteiger partial charge in [-0.05, 0) is 38.2 Å². The molecule has 8 heteroatoms. The number of nitrogens with zero attached hydrogens (tertiary/aromatic N) is 4. The number of benzene rings is 2. The number of rotatable bonds is 9. The van der Waals surface area contributed by atoms with Crippen LogP contribution in [0.15, 0.2) is 60.8 Å². The smallest absolute Gasteiger partial charge is 0.263 e. The maximum atomic E-state index is 13.5. The zero-order valence-electron chi connectivity index (χ0n) is 20.0. The molecule has 1 unspecified atom stereocenters. The van der Waals surface area contributed by atoms with Gasteiger partial charge in [0.1, 0.15) is 23.2 Å². The van der Waals surface area contributed by atoms with Crippen molar-refractivity contribution in [2.45, 2.75) is 19.4 Å². The minimum absolute atomic E-state index is 0.0894. The average Bonchev–Trinajstić information content (AvgIpc) is 2.99. The van der Waals surface area contributed by atoms with Gasteiger partial charge < -0.3 is 25.2 Å². The number of ether oxygens (including phenoxy) is 1. The van der Waals surface area contributed by atoms with Gasteiger partial charge in [-0.1, -0.05) is 36.4 Å². The van der Waals surface area contributed by atoms with Gasteiger partial charge in [-0.25, -0.2) is 4.98 Å². The number of hydrogen-bond acceptors (Lipinski definition) is 7. The van der Waals surface area contributed by atoms with Crippen LogP contribution in [-0.2, 0) is 0 Å². The van der Waals surface area contributed by atoms with E-state index in [0.29, 0.717) is 37.0 Å². The number of fused-ring (bicyclic) bond motifs is 1. The predicted molar refractivity (Wildman–Crippen MR) is 136 cm³/mol. The van der Waals surface area contributed by atoms with Gasteiger partial charge in [0.15, 0.2) is 0 Å². The van der Waals surface area contributed by atoms with E-state index < -0.39 is 0 Å². The van der Waals surface area contributed by atoms with Crippen LogP contribution in [0.4, 0.5) is 17.5 Å². The van der Waals surface area contributed by atoms with E-state index in [1.54, 1.807) is 11.1 Å². The molecule has 0 radical (unpaired) electrons. The van der Waals surface area contributed by atoms with Gasteiger partial charge in [0, 0.05) is 51.1 Å². The first kappa shape index (κ1) is 23.5. The molecule has 0 saturated carbocycles. The molecule has 3 aromatic rings. The Labute approximate surface area is 201 Å². The normalized spacial score (nSPS) is 14.4. The monoisotopic (exact) mass is 460 g/mol. The van der Waals surface area contributed by atoms with Crippen molar-refractivity contribution in [1.82, 2.24) is 15.3 Å². The van der Waals surface area contributed by atoms with Crippen LogP contribution in [0.25, 0.3) is 0 Å². The molecule has 1 atom stereocenters. The van der Waals surface area contributed by atoms with E-state index in [1.807, 2.05) is 68.4 Å². The molecule has 2 heterocycles. The Kier molecular flexibility index (Phi) is 7.59. The largest absolute Gasteiger partial charge is 0.486 e. The average molecular weight is 461 g/mol. The molecule has 0 saturated heterocycles. The summed E-state index contributed by atoms with van der Waals surface area (Å²) in [5, 5.41) is 6.32.